The Morgan fingerprint density at radius 1 is 1.53 bits per heavy atom. The Hall–Kier alpha value is -0.570. The lowest BCUT2D eigenvalue weighted by molar-refractivity contribution is -0.144. The van der Waals surface area contributed by atoms with Crippen molar-refractivity contribution in [1.82, 2.24) is 4.90 Å². The number of carboxylic acids is 1. The Kier molecular flexibility index (Phi) is 4.58. The molecule has 3 heteroatoms. The Bertz CT molecular complexity index is 218. The summed E-state index contributed by atoms with van der Waals surface area (Å²) in [6.45, 7) is 9.42. The van der Waals surface area contributed by atoms with Gasteiger partial charge in [0.2, 0.25) is 0 Å². The highest BCUT2D eigenvalue weighted by atomic mass is 16.4. The van der Waals surface area contributed by atoms with Gasteiger partial charge in [0.1, 0.15) is 0 Å². The molecule has 1 aliphatic heterocycles. The molecule has 1 fully saturated rings. The largest absolute Gasteiger partial charge is 0.481 e. The Labute approximate surface area is 92.5 Å². The first-order valence-electron chi connectivity index (χ1n) is 5.98. The van der Waals surface area contributed by atoms with Crippen LogP contribution < -0.4 is 0 Å². The van der Waals surface area contributed by atoms with E-state index in [0.717, 1.165) is 26.1 Å². The zero-order valence-electron chi connectivity index (χ0n) is 10.1. The molecule has 3 nitrogen and oxygen atoms in total. The zero-order chi connectivity index (χ0) is 11.4. The van der Waals surface area contributed by atoms with E-state index in [4.69, 9.17) is 5.11 Å². The Morgan fingerprint density at radius 2 is 2.20 bits per heavy atom. The van der Waals surface area contributed by atoms with Crippen LogP contribution in [-0.2, 0) is 4.79 Å². The number of rotatable bonds is 4. The SMILES string of the molecule is CCC(C)CN1CC(C)CC(C(=O)O)C1. The van der Waals surface area contributed by atoms with Gasteiger partial charge in [-0.3, -0.25) is 4.79 Å². The molecule has 1 N–H and O–H groups in total. The molecule has 0 aromatic carbocycles. The van der Waals surface area contributed by atoms with Gasteiger partial charge in [-0.15, -0.1) is 0 Å². The van der Waals surface area contributed by atoms with Gasteiger partial charge < -0.3 is 10.0 Å². The lowest BCUT2D eigenvalue weighted by Crippen LogP contribution is -2.44. The number of likely N-dealkylation sites (tertiary alicyclic amines) is 1. The highest BCUT2D eigenvalue weighted by molar-refractivity contribution is 5.70. The molecule has 0 spiro atoms. The van der Waals surface area contributed by atoms with E-state index >= 15 is 0 Å². The molecule has 88 valence electrons. The standard InChI is InChI=1S/C12H23NO2/c1-4-9(2)6-13-7-10(3)5-11(8-13)12(14)15/h9-11H,4-8H2,1-3H3,(H,14,15). The van der Waals surface area contributed by atoms with Crippen LogP contribution in [0.1, 0.15) is 33.6 Å². The fourth-order valence-corrected chi connectivity index (χ4v) is 2.36. The van der Waals surface area contributed by atoms with Crippen molar-refractivity contribution in [3.63, 3.8) is 0 Å². The third kappa shape index (κ3) is 3.82. The summed E-state index contributed by atoms with van der Waals surface area (Å²) >= 11 is 0. The van der Waals surface area contributed by atoms with E-state index in [-0.39, 0.29) is 5.92 Å². The molecule has 1 rings (SSSR count). The zero-order valence-corrected chi connectivity index (χ0v) is 10.1. The van der Waals surface area contributed by atoms with Crippen LogP contribution in [0.4, 0.5) is 0 Å². The highest BCUT2D eigenvalue weighted by Crippen LogP contribution is 2.22. The fraction of sp³-hybridized carbons (Fsp3) is 0.917. The van der Waals surface area contributed by atoms with Gasteiger partial charge in [-0.1, -0.05) is 27.2 Å². The summed E-state index contributed by atoms with van der Waals surface area (Å²) in [4.78, 5) is 13.3. The predicted molar refractivity (Wildman–Crippen MR) is 60.8 cm³/mol. The summed E-state index contributed by atoms with van der Waals surface area (Å²) in [7, 11) is 0. The monoisotopic (exact) mass is 213 g/mol. The third-order valence-electron chi connectivity index (χ3n) is 3.35. The van der Waals surface area contributed by atoms with Crippen LogP contribution >= 0.6 is 0 Å². The molecule has 0 bridgehead atoms. The summed E-state index contributed by atoms with van der Waals surface area (Å²) in [5, 5.41) is 9.04. The number of hydrogen-bond donors (Lipinski definition) is 1. The van der Waals surface area contributed by atoms with Crippen LogP contribution in [-0.4, -0.2) is 35.6 Å². The predicted octanol–water partition coefficient (Wildman–Crippen LogP) is 2.08. The molecule has 0 aromatic heterocycles. The van der Waals surface area contributed by atoms with Gasteiger partial charge in [-0.2, -0.15) is 0 Å². The summed E-state index contributed by atoms with van der Waals surface area (Å²) in [5.41, 5.74) is 0. The van der Waals surface area contributed by atoms with Gasteiger partial charge in [0.25, 0.3) is 0 Å². The van der Waals surface area contributed by atoms with E-state index in [2.05, 4.69) is 25.7 Å². The van der Waals surface area contributed by atoms with Gasteiger partial charge in [0.15, 0.2) is 0 Å². The van der Waals surface area contributed by atoms with Crippen molar-refractivity contribution >= 4 is 5.97 Å². The van der Waals surface area contributed by atoms with E-state index in [1.807, 2.05) is 0 Å². The summed E-state index contributed by atoms with van der Waals surface area (Å²) in [6.07, 6.45) is 2.01. The summed E-state index contributed by atoms with van der Waals surface area (Å²) < 4.78 is 0. The van der Waals surface area contributed by atoms with Crippen molar-refractivity contribution < 1.29 is 9.90 Å². The minimum atomic E-state index is -0.629. The normalized spacial score (nSPS) is 30.1. The molecule has 1 aliphatic rings. The Balaban J connectivity index is 2.48. The topological polar surface area (TPSA) is 40.5 Å². The van der Waals surface area contributed by atoms with Crippen LogP contribution in [0.3, 0.4) is 0 Å². The van der Waals surface area contributed by atoms with Crippen molar-refractivity contribution in [1.29, 1.82) is 0 Å². The van der Waals surface area contributed by atoms with Gasteiger partial charge in [-0.25, -0.2) is 0 Å². The van der Waals surface area contributed by atoms with Crippen molar-refractivity contribution in [2.75, 3.05) is 19.6 Å². The number of carbonyl (C=O) groups is 1. The van der Waals surface area contributed by atoms with E-state index < -0.39 is 5.97 Å². The number of hydrogen-bond acceptors (Lipinski definition) is 2. The molecule has 0 radical (unpaired) electrons. The van der Waals surface area contributed by atoms with Crippen molar-refractivity contribution in [2.24, 2.45) is 17.8 Å². The van der Waals surface area contributed by atoms with Gasteiger partial charge in [0, 0.05) is 19.6 Å². The van der Waals surface area contributed by atoms with Gasteiger partial charge in [-0.05, 0) is 18.3 Å². The number of aliphatic carboxylic acids is 1. The second-order valence-corrected chi connectivity index (χ2v) is 5.11. The summed E-state index contributed by atoms with van der Waals surface area (Å²) in [5.74, 6) is 0.405. The van der Waals surface area contributed by atoms with Gasteiger partial charge >= 0.3 is 5.97 Å². The van der Waals surface area contributed by atoms with E-state index in [1.165, 1.54) is 6.42 Å². The average Bonchev–Trinajstić information content (AvgIpc) is 2.16. The van der Waals surface area contributed by atoms with Gasteiger partial charge in [0.05, 0.1) is 5.92 Å². The lowest BCUT2D eigenvalue weighted by Gasteiger charge is -2.35. The third-order valence-corrected chi connectivity index (χ3v) is 3.35. The molecule has 3 unspecified atom stereocenters. The van der Waals surface area contributed by atoms with Crippen LogP contribution in [0, 0.1) is 17.8 Å². The lowest BCUT2D eigenvalue weighted by atomic mass is 9.90. The fourth-order valence-electron chi connectivity index (χ4n) is 2.36. The molecular weight excluding hydrogens is 190 g/mol. The van der Waals surface area contributed by atoms with Crippen LogP contribution in [0.25, 0.3) is 0 Å². The molecule has 1 heterocycles. The molecule has 1 saturated heterocycles. The second kappa shape index (κ2) is 5.50. The molecule has 0 aromatic rings. The molecule has 0 saturated carbocycles. The van der Waals surface area contributed by atoms with Crippen molar-refractivity contribution in [2.45, 2.75) is 33.6 Å². The number of nitrogens with zero attached hydrogens (tertiary/aromatic N) is 1. The smallest absolute Gasteiger partial charge is 0.307 e. The molecule has 0 aliphatic carbocycles. The number of carboxylic acid groups (broad SMARTS) is 1. The van der Waals surface area contributed by atoms with E-state index in [0.29, 0.717) is 11.8 Å². The first-order chi connectivity index (χ1) is 7.02. The number of piperidine rings is 1. The van der Waals surface area contributed by atoms with Crippen molar-refractivity contribution in [3.8, 4) is 0 Å². The quantitative estimate of drug-likeness (QED) is 0.777. The molecule has 0 amide bonds. The minimum Gasteiger partial charge on any atom is -0.481 e. The maximum absolute atomic E-state index is 11.0. The first-order valence-corrected chi connectivity index (χ1v) is 5.98. The molecular formula is C12H23NO2. The molecule has 15 heavy (non-hydrogen) atoms. The van der Waals surface area contributed by atoms with E-state index in [1.54, 1.807) is 0 Å². The second-order valence-electron chi connectivity index (χ2n) is 5.11. The Morgan fingerprint density at radius 3 is 2.73 bits per heavy atom. The maximum Gasteiger partial charge on any atom is 0.307 e. The minimum absolute atomic E-state index is 0.155. The van der Waals surface area contributed by atoms with Crippen molar-refractivity contribution in [3.05, 3.63) is 0 Å². The first kappa shape index (κ1) is 12.5. The summed E-state index contributed by atoms with van der Waals surface area (Å²) in [6, 6.07) is 0. The molecule has 3 atom stereocenters. The van der Waals surface area contributed by atoms with E-state index in [9.17, 15) is 4.79 Å². The van der Waals surface area contributed by atoms with Crippen LogP contribution in [0.2, 0.25) is 0 Å². The maximum atomic E-state index is 11.0. The van der Waals surface area contributed by atoms with Crippen LogP contribution in [0.15, 0.2) is 0 Å². The van der Waals surface area contributed by atoms with Crippen LogP contribution in [0.5, 0.6) is 0 Å². The highest BCUT2D eigenvalue weighted by Gasteiger charge is 2.29. The average molecular weight is 213 g/mol.